The molecule has 0 aromatic carbocycles. The van der Waals surface area contributed by atoms with E-state index in [0.717, 1.165) is 25.7 Å². The smallest absolute Gasteiger partial charge is 0.377 e. The van der Waals surface area contributed by atoms with Crippen molar-refractivity contribution in [3.8, 4) is 0 Å². The summed E-state index contributed by atoms with van der Waals surface area (Å²) in [5.74, 6) is -1.41. The van der Waals surface area contributed by atoms with Crippen molar-refractivity contribution in [1.29, 1.82) is 0 Å². The lowest BCUT2D eigenvalue weighted by molar-refractivity contribution is -0.216. The zero-order chi connectivity index (χ0) is 13.4. The maximum atomic E-state index is 13.0. The molecule has 2 fully saturated rings. The number of nitrogens with two attached hydrogens (primary N) is 1. The minimum absolute atomic E-state index is 0.00944. The third-order valence-corrected chi connectivity index (χ3v) is 4.22. The molecule has 1 radical (unpaired) electrons. The van der Waals surface area contributed by atoms with Crippen molar-refractivity contribution in [3.63, 3.8) is 0 Å². The van der Waals surface area contributed by atoms with E-state index in [2.05, 4.69) is 0 Å². The molecule has 2 aliphatic rings. The Morgan fingerprint density at radius 3 is 2.44 bits per heavy atom. The van der Waals surface area contributed by atoms with Gasteiger partial charge >= 0.3 is 6.18 Å². The zero-order valence-electron chi connectivity index (χ0n) is 10.7. The lowest BCUT2D eigenvalue weighted by atomic mass is 9.72. The third-order valence-electron chi connectivity index (χ3n) is 4.22. The first-order valence-corrected chi connectivity index (χ1v) is 6.60. The van der Waals surface area contributed by atoms with Gasteiger partial charge in [0.25, 0.3) is 0 Å². The van der Waals surface area contributed by atoms with Crippen molar-refractivity contribution < 1.29 is 17.9 Å². The minimum atomic E-state index is -4.19. The van der Waals surface area contributed by atoms with Gasteiger partial charge in [0.2, 0.25) is 0 Å². The van der Waals surface area contributed by atoms with E-state index in [-0.39, 0.29) is 11.5 Å². The highest BCUT2D eigenvalue weighted by molar-refractivity contribution is 4.97. The predicted octanol–water partition coefficient (Wildman–Crippen LogP) is 3.07. The molecule has 1 aliphatic heterocycles. The SMILES string of the molecule is CC1(N)CCC([C@@H]2OCC[CH][C@H]2C(F)(F)F)CC1. The quantitative estimate of drug-likeness (QED) is 0.790. The van der Waals surface area contributed by atoms with Crippen molar-refractivity contribution in [1.82, 2.24) is 0 Å². The number of hydrogen-bond donors (Lipinski definition) is 1. The third kappa shape index (κ3) is 3.18. The molecule has 0 amide bonds. The maximum absolute atomic E-state index is 13.0. The van der Waals surface area contributed by atoms with Crippen LogP contribution in [0.4, 0.5) is 13.2 Å². The van der Waals surface area contributed by atoms with Crippen molar-refractivity contribution >= 4 is 0 Å². The number of rotatable bonds is 1. The van der Waals surface area contributed by atoms with Gasteiger partial charge < -0.3 is 10.5 Å². The minimum Gasteiger partial charge on any atom is -0.377 e. The maximum Gasteiger partial charge on any atom is 0.394 e. The van der Waals surface area contributed by atoms with Crippen molar-refractivity contribution in [2.24, 2.45) is 17.6 Å². The van der Waals surface area contributed by atoms with E-state index in [1.165, 1.54) is 6.42 Å². The van der Waals surface area contributed by atoms with Gasteiger partial charge in [-0.05, 0) is 51.4 Å². The average molecular weight is 264 g/mol. The first-order valence-electron chi connectivity index (χ1n) is 6.60. The van der Waals surface area contributed by atoms with Gasteiger partial charge in [0.1, 0.15) is 0 Å². The second kappa shape index (κ2) is 5.00. The molecule has 0 aromatic rings. The Morgan fingerprint density at radius 2 is 1.89 bits per heavy atom. The topological polar surface area (TPSA) is 35.2 Å². The van der Waals surface area contributed by atoms with Crippen LogP contribution in [0.2, 0.25) is 0 Å². The van der Waals surface area contributed by atoms with Gasteiger partial charge in [0.15, 0.2) is 0 Å². The molecule has 2 rings (SSSR count). The zero-order valence-corrected chi connectivity index (χ0v) is 10.7. The van der Waals surface area contributed by atoms with E-state index >= 15 is 0 Å². The molecule has 1 heterocycles. The van der Waals surface area contributed by atoms with Gasteiger partial charge in [-0.1, -0.05) is 0 Å². The molecule has 18 heavy (non-hydrogen) atoms. The van der Waals surface area contributed by atoms with E-state index in [1.54, 1.807) is 0 Å². The van der Waals surface area contributed by atoms with E-state index in [4.69, 9.17) is 10.5 Å². The Kier molecular flexibility index (Phi) is 3.93. The van der Waals surface area contributed by atoms with Crippen molar-refractivity contribution in [3.05, 3.63) is 6.42 Å². The molecule has 105 valence electrons. The molecule has 2 atom stereocenters. The number of halogens is 3. The summed E-state index contributed by atoms with van der Waals surface area (Å²) < 4.78 is 44.3. The van der Waals surface area contributed by atoms with Gasteiger partial charge in [-0.15, -0.1) is 0 Å². The summed E-state index contributed by atoms with van der Waals surface area (Å²) in [6, 6.07) is 0. The lowest BCUT2D eigenvalue weighted by Gasteiger charge is -2.42. The van der Waals surface area contributed by atoms with E-state index in [9.17, 15) is 13.2 Å². The van der Waals surface area contributed by atoms with Gasteiger partial charge in [-0.2, -0.15) is 13.2 Å². The first kappa shape index (κ1) is 14.1. The van der Waals surface area contributed by atoms with Crippen molar-refractivity contribution in [2.75, 3.05) is 6.61 Å². The highest BCUT2D eigenvalue weighted by Crippen LogP contribution is 2.43. The van der Waals surface area contributed by atoms with Gasteiger partial charge in [0.05, 0.1) is 12.0 Å². The molecule has 1 saturated heterocycles. The van der Waals surface area contributed by atoms with Crippen molar-refractivity contribution in [2.45, 2.75) is 56.8 Å². The Bertz CT molecular complexity index is 280. The summed E-state index contributed by atoms with van der Waals surface area (Å²) in [5, 5.41) is 0. The molecule has 0 aromatic heterocycles. The summed E-state index contributed by atoms with van der Waals surface area (Å²) in [6.07, 6.45) is -0.0868. The summed E-state index contributed by atoms with van der Waals surface area (Å²) in [5.41, 5.74) is 5.80. The predicted molar refractivity (Wildman–Crippen MR) is 62.8 cm³/mol. The summed E-state index contributed by atoms with van der Waals surface area (Å²) >= 11 is 0. The van der Waals surface area contributed by atoms with Crippen LogP contribution in [0, 0.1) is 18.3 Å². The molecular weight excluding hydrogens is 243 g/mol. The van der Waals surface area contributed by atoms with Crippen LogP contribution in [0.15, 0.2) is 0 Å². The van der Waals surface area contributed by atoms with Gasteiger partial charge in [0, 0.05) is 12.1 Å². The standard InChI is InChI=1S/C13H21F3NO/c1-12(17)6-4-9(5-7-12)11-10(13(14,15)16)3-2-8-18-11/h3,9-11H,2,4-8,17H2,1H3/t9?,10-,11+,12?/m1/s1. The highest BCUT2D eigenvalue weighted by atomic mass is 19.4. The van der Waals surface area contributed by atoms with Crippen LogP contribution in [-0.2, 0) is 4.74 Å². The Balaban J connectivity index is 2.02. The molecule has 5 heteroatoms. The molecule has 0 unspecified atom stereocenters. The Labute approximate surface area is 106 Å². The molecule has 0 spiro atoms. The van der Waals surface area contributed by atoms with Gasteiger partial charge in [-0.3, -0.25) is 0 Å². The van der Waals surface area contributed by atoms with E-state index in [1.807, 2.05) is 6.92 Å². The molecule has 2 nitrogen and oxygen atoms in total. The monoisotopic (exact) mass is 264 g/mol. The normalized spacial score (nSPS) is 42.8. The van der Waals surface area contributed by atoms with Crippen LogP contribution in [-0.4, -0.2) is 24.4 Å². The first-order chi connectivity index (χ1) is 8.30. The van der Waals surface area contributed by atoms with Crippen LogP contribution >= 0.6 is 0 Å². The Morgan fingerprint density at radius 1 is 1.28 bits per heavy atom. The number of ether oxygens (including phenoxy) is 1. The van der Waals surface area contributed by atoms with Crippen LogP contribution in [0.1, 0.15) is 39.0 Å². The largest absolute Gasteiger partial charge is 0.394 e. The fourth-order valence-electron chi connectivity index (χ4n) is 3.07. The summed E-state index contributed by atoms with van der Waals surface area (Å²) in [4.78, 5) is 0. The molecule has 1 saturated carbocycles. The van der Waals surface area contributed by atoms with Gasteiger partial charge in [-0.25, -0.2) is 0 Å². The van der Waals surface area contributed by atoms with Crippen LogP contribution < -0.4 is 5.73 Å². The summed E-state index contributed by atoms with van der Waals surface area (Å²) in [7, 11) is 0. The average Bonchev–Trinajstić information content (AvgIpc) is 2.28. The van der Waals surface area contributed by atoms with Crippen LogP contribution in [0.25, 0.3) is 0 Å². The fourth-order valence-corrected chi connectivity index (χ4v) is 3.07. The second-order valence-corrected chi connectivity index (χ2v) is 5.92. The number of alkyl halides is 3. The second-order valence-electron chi connectivity index (χ2n) is 5.92. The highest BCUT2D eigenvalue weighted by Gasteiger charge is 2.49. The number of hydrogen-bond acceptors (Lipinski definition) is 2. The van der Waals surface area contributed by atoms with E-state index < -0.39 is 18.2 Å². The summed E-state index contributed by atoms with van der Waals surface area (Å²) in [6.45, 7) is 2.38. The van der Waals surface area contributed by atoms with Crippen LogP contribution in [0.5, 0.6) is 0 Å². The lowest BCUT2D eigenvalue weighted by Crippen LogP contribution is -2.48. The molecule has 2 N–H and O–H groups in total. The Hall–Kier alpha value is -0.290. The molecular formula is C13H21F3NO. The fraction of sp³-hybridized carbons (Fsp3) is 0.923. The molecule has 1 aliphatic carbocycles. The van der Waals surface area contributed by atoms with E-state index in [0.29, 0.717) is 13.0 Å². The molecule has 0 bridgehead atoms. The van der Waals surface area contributed by atoms with Crippen LogP contribution in [0.3, 0.4) is 0 Å².